The molecule has 0 radical (unpaired) electrons. The first-order chi connectivity index (χ1) is 11.1. The van der Waals surface area contributed by atoms with Gasteiger partial charge in [-0.05, 0) is 50.9 Å². The first-order valence-corrected chi connectivity index (χ1v) is 8.72. The number of nitrogen functional groups attached to an aromatic ring is 1. The van der Waals surface area contributed by atoms with Crippen LogP contribution < -0.4 is 15.4 Å². The van der Waals surface area contributed by atoms with Gasteiger partial charge in [0.1, 0.15) is 5.75 Å². The summed E-state index contributed by atoms with van der Waals surface area (Å²) in [6, 6.07) is 5.58. The normalized spacial score (nSPS) is 20.4. The van der Waals surface area contributed by atoms with Crippen LogP contribution in [0, 0.1) is 0 Å². The maximum atomic E-state index is 13.1. The van der Waals surface area contributed by atoms with E-state index in [4.69, 9.17) is 10.5 Å². The molecule has 1 aromatic carbocycles. The van der Waals surface area contributed by atoms with Crippen LogP contribution in [0.1, 0.15) is 39.5 Å². The van der Waals surface area contributed by atoms with Crippen molar-refractivity contribution in [3.8, 4) is 5.75 Å². The van der Waals surface area contributed by atoms with Gasteiger partial charge in [0.05, 0.1) is 5.69 Å². The molecule has 2 aliphatic rings. The minimum Gasteiger partial charge on any atom is -0.475 e. The van der Waals surface area contributed by atoms with Gasteiger partial charge >= 0.3 is 0 Å². The van der Waals surface area contributed by atoms with Crippen molar-refractivity contribution in [2.75, 3.05) is 36.8 Å². The molecule has 0 saturated carbocycles. The Morgan fingerprint density at radius 2 is 1.87 bits per heavy atom. The lowest BCUT2D eigenvalue weighted by atomic mass is 9.92. The van der Waals surface area contributed by atoms with E-state index in [9.17, 15) is 4.79 Å². The number of benzene rings is 1. The largest absolute Gasteiger partial charge is 0.475 e. The molecule has 23 heavy (non-hydrogen) atoms. The number of nitrogens with two attached hydrogens (primary N) is 1. The van der Waals surface area contributed by atoms with Gasteiger partial charge in [-0.3, -0.25) is 4.79 Å². The van der Waals surface area contributed by atoms with E-state index in [1.807, 2.05) is 36.9 Å². The molecule has 0 bridgehead atoms. The van der Waals surface area contributed by atoms with Gasteiger partial charge in [0, 0.05) is 24.8 Å². The summed E-state index contributed by atoms with van der Waals surface area (Å²) in [5.74, 6) is 0.814. The maximum Gasteiger partial charge on any atom is 0.271 e. The van der Waals surface area contributed by atoms with E-state index in [0.717, 1.165) is 31.1 Å². The van der Waals surface area contributed by atoms with E-state index < -0.39 is 5.60 Å². The number of carbonyl (C=O) groups is 1. The van der Waals surface area contributed by atoms with Crippen LogP contribution >= 0.6 is 0 Å². The highest BCUT2D eigenvalue weighted by Gasteiger charge is 2.45. The third-order valence-corrected chi connectivity index (χ3v) is 5.20. The number of ether oxygens (including phenoxy) is 1. The van der Waals surface area contributed by atoms with Gasteiger partial charge in [0.2, 0.25) is 0 Å². The summed E-state index contributed by atoms with van der Waals surface area (Å²) in [5, 5.41) is 0. The second-order valence-electron chi connectivity index (χ2n) is 6.54. The molecule has 126 valence electrons. The summed E-state index contributed by atoms with van der Waals surface area (Å²) < 4.78 is 6.13. The van der Waals surface area contributed by atoms with E-state index in [2.05, 4.69) is 4.90 Å². The van der Waals surface area contributed by atoms with Gasteiger partial charge in [-0.15, -0.1) is 0 Å². The zero-order valence-electron chi connectivity index (χ0n) is 14.2. The van der Waals surface area contributed by atoms with E-state index in [0.29, 0.717) is 25.1 Å². The van der Waals surface area contributed by atoms with E-state index in [1.54, 1.807) is 0 Å². The van der Waals surface area contributed by atoms with Gasteiger partial charge in [0.25, 0.3) is 5.91 Å². The molecule has 3 rings (SSSR count). The van der Waals surface area contributed by atoms with Crippen molar-refractivity contribution in [3.05, 3.63) is 18.2 Å². The van der Waals surface area contributed by atoms with E-state index >= 15 is 0 Å². The molecule has 1 saturated heterocycles. The molecule has 1 amide bonds. The van der Waals surface area contributed by atoms with Gasteiger partial charge in [-0.2, -0.15) is 0 Å². The molecule has 1 fully saturated rings. The second-order valence-corrected chi connectivity index (χ2v) is 6.54. The number of rotatable bonds is 5. The third-order valence-electron chi connectivity index (χ3n) is 5.20. The highest BCUT2D eigenvalue weighted by atomic mass is 16.5. The smallest absolute Gasteiger partial charge is 0.271 e. The standard InChI is InChI=1S/C18H27N3O2/c1-3-18(4-2)17(22)21(12-11-20-9-5-6-10-20)15-8-7-14(19)13-16(15)23-18/h7-8,13H,3-6,9-12,19H2,1-2H3. The molecule has 0 atom stereocenters. The Morgan fingerprint density at radius 1 is 1.17 bits per heavy atom. The molecule has 5 heteroatoms. The lowest BCUT2D eigenvalue weighted by molar-refractivity contribution is -0.136. The van der Waals surface area contributed by atoms with Crippen LogP contribution in [0.3, 0.4) is 0 Å². The number of anilines is 2. The van der Waals surface area contributed by atoms with Crippen molar-refractivity contribution in [3.63, 3.8) is 0 Å². The molecule has 2 heterocycles. The highest BCUT2D eigenvalue weighted by molar-refractivity contribution is 6.03. The molecule has 0 spiro atoms. The minimum absolute atomic E-state index is 0.0824. The quantitative estimate of drug-likeness (QED) is 0.848. The Balaban J connectivity index is 1.89. The fourth-order valence-electron chi connectivity index (χ4n) is 3.61. The molecule has 0 aliphatic carbocycles. The molecule has 2 N–H and O–H groups in total. The maximum absolute atomic E-state index is 13.1. The number of fused-ring (bicyclic) bond motifs is 1. The van der Waals surface area contributed by atoms with Gasteiger partial charge < -0.3 is 20.3 Å². The van der Waals surface area contributed by atoms with Gasteiger partial charge in [0.15, 0.2) is 5.60 Å². The summed E-state index contributed by atoms with van der Waals surface area (Å²) >= 11 is 0. The van der Waals surface area contributed by atoms with Crippen LogP contribution in [0.2, 0.25) is 0 Å². The average Bonchev–Trinajstić information content (AvgIpc) is 3.07. The van der Waals surface area contributed by atoms with Crippen LogP contribution in [0.25, 0.3) is 0 Å². The summed E-state index contributed by atoms with van der Waals surface area (Å²) in [4.78, 5) is 17.4. The Labute approximate surface area is 138 Å². The van der Waals surface area contributed by atoms with Crippen molar-refractivity contribution < 1.29 is 9.53 Å². The number of amides is 1. The van der Waals surface area contributed by atoms with Crippen LogP contribution in [-0.2, 0) is 4.79 Å². The molecule has 5 nitrogen and oxygen atoms in total. The lowest BCUT2D eigenvalue weighted by Gasteiger charge is -2.42. The summed E-state index contributed by atoms with van der Waals surface area (Å²) in [6.07, 6.45) is 3.85. The van der Waals surface area contributed by atoms with Crippen LogP contribution in [-0.4, -0.2) is 42.6 Å². The predicted molar refractivity (Wildman–Crippen MR) is 92.8 cm³/mol. The van der Waals surface area contributed by atoms with Crippen molar-refractivity contribution in [1.82, 2.24) is 4.90 Å². The Bertz CT molecular complexity index is 578. The Morgan fingerprint density at radius 3 is 2.52 bits per heavy atom. The first-order valence-electron chi connectivity index (χ1n) is 8.72. The summed E-state index contributed by atoms with van der Waals surface area (Å²) in [6.45, 7) is 7.92. The molecular weight excluding hydrogens is 290 g/mol. The van der Waals surface area contributed by atoms with Crippen molar-refractivity contribution in [2.24, 2.45) is 0 Å². The Kier molecular flexibility index (Phi) is 4.48. The van der Waals surface area contributed by atoms with Gasteiger partial charge in [-0.1, -0.05) is 13.8 Å². The van der Waals surface area contributed by atoms with E-state index in [1.165, 1.54) is 12.8 Å². The van der Waals surface area contributed by atoms with Crippen LogP contribution in [0.5, 0.6) is 5.75 Å². The molecule has 0 unspecified atom stereocenters. The average molecular weight is 317 g/mol. The van der Waals surface area contributed by atoms with Crippen LogP contribution in [0.15, 0.2) is 18.2 Å². The molecule has 1 aromatic rings. The Hall–Kier alpha value is -1.75. The predicted octanol–water partition coefficient (Wildman–Crippen LogP) is 2.65. The number of likely N-dealkylation sites (tertiary alicyclic amines) is 1. The summed E-state index contributed by atoms with van der Waals surface area (Å²) in [7, 11) is 0. The molecular formula is C18H27N3O2. The van der Waals surface area contributed by atoms with Crippen molar-refractivity contribution >= 4 is 17.3 Å². The topological polar surface area (TPSA) is 58.8 Å². The second kappa shape index (κ2) is 6.40. The van der Waals surface area contributed by atoms with E-state index in [-0.39, 0.29) is 5.91 Å². The van der Waals surface area contributed by atoms with Crippen molar-refractivity contribution in [2.45, 2.75) is 45.1 Å². The zero-order chi connectivity index (χ0) is 16.4. The molecule has 2 aliphatic heterocycles. The molecule has 0 aromatic heterocycles. The van der Waals surface area contributed by atoms with Crippen LogP contribution in [0.4, 0.5) is 11.4 Å². The fraction of sp³-hybridized carbons (Fsp3) is 0.611. The fourth-order valence-corrected chi connectivity index (χ4v) is 3.61. The zero-order valence-corrected chi connectivity index (χ0v) is 14.2. The number of nitrogens with zero attached hydrogens (tertiary/aromatic N) is 2. The highest BCUT2D eigenvalue weighted by Crippen LogP contribution is 2.41. The first kappa shape index (κ1) is 16.1. The third kappa shape index (κ3) is 2.90. The number of hydrogen-bond acceptors (Lipinski definition) is 4. The number of carbonyl (C=O) groups excluding carboxylic acids is 1. The number of hydrogen-bond donors (Lipinski definition) is 1. The lowest BCUT2D eigenvalue weighted by Crippen LogP contribution is -2.56. The van der Waals surface area contributed by atoms with Crippen molar-refractivity contribution in [1.29, 1.82) is 0 Å². The monoisotopic (exact) mass is 317 g/mol. The van der Waals surface area contributed by atoms with Gasteiger partial charge in [-0.25, -0.2) is 0 Å². The minimum atomic E-state index is -0.758. The summed E-state index contributed by atoms with van der Waals surface area (Å²) in [5.41, 5.74) is 6.67. The SMILES string of the molecule is CCC1(CC)Oc2cc(N)ccc2N(CCN2CCCC2)C1=O.